The number of hydrogen-bond donors (Lipinski definition) is 2. The predicted molar refractivity (Wildman–Crippen MR) is 101 cm³/mol. The number of benzene rings is 2. The van der Waals surface area contributed by atoms with Crippen molar-refractivity contribution in [2.24, 2.45) is 11.8 Å². The van der Waals surface area contributed by atoms with Crippen LogP contribution in [0.25, 0.3) is 0 Å². The maximum Gasteiger partial charge on any atom is 0.188 e. The minimum Gasteiger partial charge on any atom is -0.490 e. The van der Waals surface area contributed by atoms with E-state index in [1.165, 1.54) is 24.3 Å². The van der Waals surface area contributed by atoms with E-state index in [1.807, 2.05) is 0 Å². The SMILES string of the molecule is O=S(=O)(c1ccc(Cl)cc1)[C@@]12CC[C@@H](O)[C@@H](CO)[C@@H]1COc1c(F)ccc(F)c12. The second-order valence-electron chi connectivity index (χ2n) is 7.45. The Hall–Kier alpha value is -1.74. The largest absolute Gasteiger partial charge is 0.490 e. The fourth-order valence-electron chi connectivity index (χ4n) is 4.73. The van der Waals surface area contributed by atoms with Crippen LogP contribution in [0.5, 0.6) is 5.75 Å². The first kappa shape index (κ1) is 20.5. The smallest absolute Gasteiger partial charge is 0.188 e. The number of aliphatic hydroxyl groups excluding tert-OH is 2. The number of halogens is 3. The highest BCUT2D eigenvalue weighted by Gasteiger charge is 2.62. The molecule has 0 unspecified atom stereocenters. The molecule has 0 radical (unpaired) electrons. The highest BCUT2D eigenvalue weighted by molar-refractivity contribution is 7.92. The third-order valence-corrected chi connectivity index (χ3v) is 8.94. The summed E-state index contributed by atoms with van der Waals surface area (Å²) in [6.45, 7) is -0.790. The lowest BCUT2D eigenvalue weighted by molar-refractivity contribution is -0.0435. The van der Waals surface area contributed by atoms with Crippen molar-refractivity contribution in [2.45, 2.75) is 28.6 Å². The lowest BCUT2D eigenvalue weighted by atomic mass is 9.66. The van der Waals surface area contributed by atoms with Gasteiger partial charge in [-0.25, -0.2) is 17.2 Å². The van der Waals surface area contributed by atoms with Crippen molar-refractivity contribution in [3.63, 3.8) is 0 Å². The molecule has 1 aliphatic heterocycles. The lowest BCUT2D eigenvalue weighted by Gasteiger charge is -2.51. The van der Waals surface area contributed by atoms with Crippen molar-refractivity contribution in [1.29, 1.82) is 0 Å². The van der Waals surface area contributed by atoms with E-state index in [2.05, 4.69) is 0 Å². The van der Waals surface area contributed by atoms with Crippen LogP contribution in [-0.2, 0) is 14.6 Å². The van der Waals surface area contributed by atoms with Gasteiger partial charge in [0.15, 0.2) is 21.4 Å². The summed E-state index contributed by atoms with van der Waals surface area (Å²) < 4.78 is 60.9. The first-order valence-electron chi connectivity index (χ1n) is 9.14. The van der Waals surface area contributed by atoms with Crippen molar-refractivity contribution < 1.29 is 32.1 Å². The molecular weight excluding hydrogens is 426 g/mol. The second-order valence-corrected chi connectivity index (χ2v) is 10.1. The van der Waals surface area contributed by atoms with Gasteiger partial charge in [-0.05, 0) is 49.2 Å². The van der Waals surface area contributed by atoms with Crippen molar-refractivity contribution in [3.05, 3.63) is 58.6 Å². The second kappa shape index (κ2) is 7.19. The summed E-state index contributed by atoms with van der Waals surface area (Å²) in [6, 6.07) is 7.20. The van der Waals surface area contributed by atoms with Crippen molar-refractivity contribution in [2.75, 3.05) is 13.2 Å². The Morgan fingerprint density at radius 3 is 2.45 bits per heavy atom. The molecule has 29 heavy (non-hydrogen) atoms. The summed E-state index contributed by atoms with van der Waals surface area (Å²) in [5.41, 5.74) is -0.381. The number of hydrogen-bond acceptors (Lipinski definition) is 5. The Morgan fingerprint density at radius 2 is 1.79 bits per heavy atom. The van der Waals surface area contributed by atoms with Gasteiger partial charge in [0.2, 0.25) is 0 Å². The van der Waals surface area contributed by atoms with E-state index >= 15 is 4.39 Å². The van der Waals surface area contributed by atoms with Gasteiger partial charge in [0.25, 0.3) is 0 Å². The fraction of sp³-hybridized carbons (Fsp3) is 0.400. The Labute approximate surface area is 171 Å². The van der Waals surface area contributed by atoms with Crippen molar-refractivity contribution in [3.8, 4) is 5.75 Å². The number of aliphatic hydroxyl groups is 2. The monoisotopic (exact) mass is 444 g/mol. The third-order valence-electron chi connectivity index (χ3n) is 6.13. The average Bonchev–Trinajstić information content (AvgIpc) is 2.70. The van der Waals surface area contributed by atoms with E-state index in [1.54, 1.807) is 0 Å². The molecule has 0 saturated heterocycles. The quantitative estimate of drug-likeness (QED) is 0.760. The van der Waals surface area contributed by atoms with Gasteiger partial charge < -0.3 is 14.9 Å². The topological polar surface area (TPSA) is 83.8 Å². The Bertz CT molecular complexity index is 1040. The molecule has 4 atom stereocenters. The number of fused-ring (bicyclic) bond motifs is 3. The molecule has 2 aromatic carbocycles. The van der Waals surface area contributed by atoms with E-state index in [9.17, 15) is 23.0 Å². The van der Waals surface area contributed by atoms with Gasteiger partial charge in [0, 0.05) is 23.5 Å². The molecule has 0 bridgehead atoms. The Kier molecular flexibility index (Phi) is 5.09. The molecule has 2 N–H and O–H groups in total. The van der Waals surface area contributed by atoms with Crippen molar-refractivity contribution in [1.82, 2.24) is 0 Å². The van der Waals surface area contributed by atoms with Crippen LogP contribution >= 0.6 is 11.6 Å². The number of sulfone groups is 1. The molecule has 9 heteroatoms. The van der Waals surface area contributed by atoms with E-state index in [4.69, 9.17) is 16.3 Å². The number of rotatable bonds is 3. The van der Waals surface area contributed by atoms with E-state index in [0.29, 0.717) is 5.02 Å². The van der Waals surface area contributed by atoms with Crippen LogP contribution in [0.1, 0.15) is 18.4 Å². The molecular formula is C20H19ClF2O5S. The minimum atomic E-state index is -4.29. The predicted octanol–water partition coefficient (Wildman–Crippen LogP) is 3.06. The summed E-state index contributed by atoms with van der Waals surface area (Å²) in [5, 5.41) is 20.6. The summed E-state index contributed by atoms with van der Waals surface area (Å²) in [4.78, 5) is -0.100. The molecule has 156 valence electrons. The van der Waals surface area contributed by atoms with Crippen LogP contribution in [0, 0.1) is 23.5 Å². The maximum absolute atomic E-state index is 15.0. The van der Waals surface area contributed by atoms with Crippen molar-refractivity contribution >= 4 is 21.4 Å². The number of ether oxygens (including phenoxy) is 1. The lowest BCUT2D eigenvalue weighted by Crippen LogP contribution is -2.58. The molecule has 5 nitrogen and oxygen atoms in total. The van der Waals surface area contributed by atoms with Crippen LogP contribution in [0.4, 0.5) is 8.78 Å². The molecule has 1 heterocycles. The standard InChI is InChI=1S/C20H19ClF2O5S/c21-11-1-3-12(4-2-11)29(26,27)20-8-7-17(25)13(9-24)14(20)10-28-19-16(23)6-5-15(22)18(19)20/h1-6,13-14,17,24-25H,7-10H2/t13-,14-,17+,20-/m0/s1. The highest BCUT2D eigenvalue weighted by atomic mass is 35.5. The first-order valence-corrected chi connectivity index (χ1v) is 11.0. The molecule has 4 rings (SSSR count). The van der Waals surface area contributed by atoms with Gasteiger partial charge >= 0.3 is 0 Å². The summed E-state index contributed by atoms with van der Waals surface area (Å²) >= 11 is 5.88. The van der Waals surface area contributed by atoms with Gasteiger partial charge in [-0.2, -0.15) is 0 Å². The Morgan fingerprint density at radius 1 is 1.14 bits per heavy atom. The zero-order chi connectivity index (χ0) is 21.0. The maximum atomic E-state index is 15.0. The van der Waals surface area contributed by atoms with Gasteiger partial charge in [-0.3, -0.25) is 0 Å². The zero-order valence-electron chi connectivity index (χ0n) is 15.2. The van der Waals surface area contributed by atoms with Gasteiger partial charge in [-0.15, -0.1) is 0 Å². The van der Waals surface area contributed by atoms with Crippen LogP contribution in [-0.4, -0.2) is 37.9 Å². The van der Waals surface area contributed by atoms with E-state index in [-0.39, 0.29) is 29.9 Å². The average molecular weight is 445 g/mol. The molecule has 2 aromatic rings. The van der Waals surface area contributed by atoms with E-state index in [0.717, 1.165) is 12.1 Å². The molecule has 1 saturated carbocycles. The first-order chi connectivity index (χ1) is 13.7. The fourth-order valence-corrected chi connectivity index (χ4v) is 7.25. The van der Waals surface area contributed by atoms with Gasteiger partial charge in [-0.1, -0.05) is 11.6 Å². The van der Waals surface area contributed by atoms with Crippen LogP contribution in [0.15, 0.2) is 41.3 Å². The summed E-state index contributed by atoms with van der Waals surface area (Å²) in [5.74, 6) is -4.05. The minimum absolute atomic E-state index is 0.00391. The molecule has 0 spiro atoms. The summed E-state index contributed by atoms with van der Waals surface area (Å²) in [7, 11) is -4.29. The molecule has 1 aliphatic carbocycles. The molecule has 0 aromatic heterocycles. The normalized spacial score (nSPS) is 28.9. The molecule has 1 fully saturated rings. The van der Waals surface area contributed by atoms with Crippen LogP contribution in [0.2, 0.25) is 5.02 Å². The van der Waals surface area contributed by atoms with Gasteiger partial charge in [0.05, 0.1) is 23.2 Å². The molecule has 0 amide bonds. The van der Waals surface area contributed by atoms with Crippen LogP contribution in [0.3, 0.4) is 0 Å². The van der Waals surface area contributed by atoms with E-state index < -0.39 is 56.5 Å². The molecule has 2 aliphatic rings. The zero-order valence-corrected chi connectivity index (χ0v) is 16.8. The Balaban J connectivity index is 2.04. The van der Waals surface area contributed by atoms with Crippen LogP contribution < -0.4 is 4.74 Å². The highest BCUT2D eigenvalue weighted by Crippen LogP contribution is 2.57. The third kappa shape index (κ3) is 2.88. The van der Waals surface area contributed by atoms with Gasteiger partial charge in [0.1, 0.15) is 10.6 Å². The summed E-state index contributed by atoms with van der Waals surface area (Å²) in [6.07, 6.45) is -1.12.